The molecule has 1 aliphatic heterocycles. The molecule has 2 aromatic rings. The van der Waals surface area contributed by atoms with E-state index >= 15 is 0 Å². The lowest BCUT2D eigenvalue weighted by Crippen LogP contribution is -2.32. The lowest BCUT2D eigenvalue weighted by Gasteiger charge is -2.27. The maximum Gasteiger partial charge on any atom is 0.407 e. The molecule has 0 saturated carbocycles. The van der Waals surface area contributed by atoms with E-state index in [-0.39, 0.29) is 11.5 Å². The van der Waals surface area contributed by atoms with E-state index in [0.717, 1.165) is 37.3 Å². The first-order valence-electron chi connectivity index (χ1n) is 10.4. The minimum Gasteiger partial charge on any atom is -0.444 e. The molecule has 9 heteroatoms. The van der Waals surface area contributed by atoms with Crippen LogP contribution in [0, 0.1) is 10.1 Å². The van der Waals surface area contributed by atoms with Gasteiger partial charge >= 0.3 is 11.8 Å². The molecule has 1 aromatic heterocycles. The van der Waals surface area contributed by atoms with E-state index in [9.17, 15) is 14.9 Å². The molecule has 166 valence electrons. The number of nitrogens with one attached hydrogen (secondary N) is 2. The second-order valence-corrected chi connectivity index (χ2v) is 8.52. The molecule has 1 aromatic carbocycles. The second kappa shape index (κ2) is 9.63. The van der Waals surface area contributed by atoms with Crippen LogP contribution in [0.15, 0.2) is 36.4 Å². The van der Waals surface area contributed by atoms with Crippen molar-refractivity contribution in [3.05, 3.63) is 52.1 Å². The van der Waals surface area contributed by atoms with Crippen LogP contribution in [-0.2, 0) is 11.3 Å². The van der Waals surface area contributed by atoms with E-state index < -0.39 is 16.6 Å². The standard InChI is InChI=1S/C22H29N5O4/c1-22(2,3)31-21(28)23-15-16-7-9-17(10-8-16)24-20-18(27(29)30)11-12-19(25-20)26-13-5-4-6-14-26/h7-12H,4-6,13-15H2,1-3H3,(H,23,28)(H,24,25). The summed E-state index contributed by atoms with van der Waals surface area (Å²) < 4.78 is 5.22. The Morgan fingerprint density at radius 1 is 1.13 bits per heavy atom. The van der Waals surface area contributed by atoms with Crippen LogP contribution >= 0.6 is 0 Å². The van der Waals surface area contributed by atoms with Gasteiger partial charge in [-0.25, -0.2) is 9.78 Å². The number of carbonyl (C=O) groups is 1. The maximum absolute atomic E-state index is 11.8. The number of anilines is 3. The van der Waals surface area contributed by atoms with Crippen molar-refractivity contribution in [3.63, 3.8) is 0 Å². The summed E-state index contributed by atoms with van der Waals surface area (Å²) in [6, 6.07) is 10.5. The first-order chi connectivity index (χ1) is 14.7. The van der Waals surface area contributed by atoms with Gasteiger partial charge in [-0.15, -0.1) is 0 Å². The van der Waals surface area contributed by atoms with Gasteiger partial charge in [-0.05, 0) is 63.8 Å². The molecular formula is C22H29N5O4. The number of carbonyl (C=O) groups excluding carboxylic acids is 1. The summed E-state index contributed by atoms with van der Waals surface area (Å²) in [6.45, 7) is 7.55. The minimum absolute atomic E-state index is 0.0728. The highest BCUT2D eigenvalue weighted by molar-refractivity contribution is 5.69. The lowest BCUT2D eigenvalue weighted by molar-refractivity contribution is -0.384. The number of nitro groups is 1. The van der Waals surface area contributed by atoms with Gasteiger partial charge in [0.25, 0.3) is 0 Å². The van der Waals surface area contributed by atoms with Crippen molar-refractivity contribution in [1.82, 2.24) is 10.3 Å². The maximum atomic E-state index is 11.8. The van der Waals surface area contributed by atoms with Crippen LogP contribution in [0.5, 0.6) is 0 Å². The monoisotopic (exact) mass is 427 g/mol. The molecule has 0 atom stereocenters. The molecule has 9 nitrogen and oxygen atoms in total. The average molecular weight is 428 g/mol. The van der Waals surface area contributed by atoms with Crippen molar-refractivity contribution in [2.24, 2.45) is 0 Å². The van der Waals surface area contributed by atoms with Gasteiger partial charge in [0.1, 0.15) is 11.4 Å². The van der Waals surface area contributed by atoms with Crippen LogP contribution in [0.3, 0.4) is 0 Å². The molecule has 1 saturated heterocycles. The topological polar surface area (TPSA) is 110 Å². The number of hydrogen-bond donors (Lipinski definition) is 2. The molecule has 0 unspecified atom stereocenters. The van der Waals surface area contributed by atoms with Gasteiger partial charge in [0.2, 0.25) is 5.82 Å². The first kappa shape index (κ1) is 22.3. The lowest BCUT2D eigenvalue weighted by atomic mass is 10.1. The van der Waals surface area contributed by atoms with Crippen LogP contribution in [0.25, 0.3) is 0 Å². The first-order valence-corrected chi connectivity index (χ1v) is 10.4. The van der Waals surface area contributed by atoms with E-state index in [0.29, 0.717) is 12.2 Å². The fourth-order valence-electron chi connectivity index (χ4n) is 3.31. The number of benzene rings is 1. The van der Waals surface area contributed by atoms with Gasteiger partial charge in [-0.3, -0.25) is 10.1 Å². The summed E-state index contributed by atoms with van der Waals surface area (Å²) in [4.78, 5) is 29.5. The molecule has 31 heavy (non-hydrogen) atoms. The zero-order valence-electron chi connectivity index (χ0n) is 18.2. The molecule has 1 amide bonds. The fraction of sp³-hybridized carbons (Fsp3) is 0.455. The molecule has 2 heterocycles. The summed E-state index contributed by atoms with van der Waals surface area (Å²) >= 11 is 0. The Bertz CT molecular complexity index is 918. The molecule has 0 aliphatic carbocycles. The SMILES string of the molecule is CC(C)(C)OC(=O)NCc1ccc(Nc2nc(N3CCCCC3)ccc2[N+](=O)[O-])cc1. The third-order valence-electron chi connectivity index (χ3n) is 4.79. The predicted octanol–water partition coefficient (Wildman–Crippen LogP) is 4.75. The number of rotatable bonds is 6. The normalized spacial score (nSPS) is 14.1. The molecule has 3 rings (SSSR count). The number of ether oxygens (including phenoxy) is 1. The predicted molar refractivity (Wildman–Crippen MR) is 120 cm³/mol. The summed E-state index contributed by atoms with van der Waals surface area (Å²) in [7, 11) is 0. The highest BCUT2D eigenvalue weighted by atomic mass is 16.6. The van der Waals surface area contributed by atoms with Crippen LogP contribution in [0.1, 0.15) is 45.6 Å². The number of aromatic nitrogens is 1. The van der Waals surface area contributed by atoms with Gasteiger partial charge < -0.3 is 20.3 Å². The van der Waals surface area contributed by atoms with Crippen molar-refractivity contribution in [1.29, 1.82) is 0 Å². The van der Waals surface area contributed by atoms with Crippen molar-refractivity contribution in [3.8, 4) is 0 Å². The van der Waals surface area contributed by atoms with Gasteiger partial charge in [0.05, 0.1) is 4.92 Å². The number of nitrogens with zero attached hydrogens (tertiary/aromatic N) is 3. The third-order valence-corrected chi connectivity index (χ3v) is 4.79. The van der Waals surface area contributed by atoms with E-state index in [1.165, 1.54) is 12.5 Å². The van der Waals surface area contributed by atoms with Crippen LogP contribution in [-0.4, -0.2) is 34.7 Å². The molecule has 0 bridgehead atoms. The van der Waals surface area contributed by atoms with Crippen LogP contribution in [0.2, 0.25) is 0 Å². The Morgan fingerprint density at radius 2 is 1.81 bits per heavy atom. The molecule has 0 spiro atoms. The zero-order valence-corrected chi connectivity index (χ0v) is 18.2. The highest BCUT2D eigenvalue weighted by Crippen LogP contribution is 2.29. The highest BCUT2D eigenvalue weighted by Gasteiger charge is 2.20. The number of alkyl carbamates (subject to hydrolysis) is 1. The Balaban J connectivity index is 1.68. The van der Waals surface area contributed by atoms with Crippen LogP contribution in [0.4, 0.5) is 27.8 Å². The fourth-order valence-corrected chi connectivity index (χ4v) is 3.31. The Labute approximate surface area is 182 Å². The summed E-state index contributed by atoms with van der Waals surface area (Å²) in [5.74, 6) is 0.957. The Morgan fingerprint density at radius 3 is 2.42 bits per heavy atom. The van der Waals surface area contributed by atoms with Crippen molar-refractivity contribution in [2.75, 3.05) is 23.3 Å². The smallest absolute Gasteiger partial charge is 0.407 e. The van der Waals surface area contributed by atoms with E-state index in [1.54, 1.807) is 39.0 Å². The van der Waals surface area contributed by atoms with E-state index in [4.69, 9.17) is 4.74 Å². The summed E-state index contributed by atoms with van der Waals surface area (Å²) in [5, 5.41) is 17.2. The Hall–Kier alpha value is -3.36. The van der Waals surface area contributed by atoms with Gasteiger partial charge in [0, 0.05) is 31.4 Å². The Kier molecular flexibility index (Phi) is 6.94. The third kappa shape index (κ3) is 6.56. The molecule has 1 aliphatic rings. The number of pyridine rings is 1. The average Bonchev–Trinajstić information content (AvgIpc) is 2.72. The molecule has 1 fully saturated rings. The van der Waals surface area contributed by atoms with Crippen molar-refractivity contribution in [2.45, 2.75) is 52.2 Å². The van der Waals surface area contributed by atoms with Gasteiger partial charge in [0.15, 0.2) is 0 Å². The largest absolute Gasteiger partial charge is 0.444 e. The number of amides is 1. The quantitative estimate of drug-likeness (QED) is 0.506. The molecule has 2 N–H and O–H groups in total. The summed E-state index contributed by atoms with van der Waals surface area (Å²) in [6.07, 6.45) is 2.91. The minimum atomic E-state index is -0.553. The van der Waals surface area contributed by atoms with Crippen LogP contribution < -0.4 is 15.5 Å². The molecule has 0 radical (unpaired) electrons. The number of hydrogen-bond acceptors (Lipinski definition) is 7. The van der Waals surface area contributed by atoms with E-state index in [2.05, 4.69) is 20.5 Å². The van der Waals surface area contributed by atoms with Crippen molar-refractivity contribution < 1.29 is 14.5 Å². The summed E-state index contributed by atoms with van der Waals surface area (Å²) in [5.41, 5.74) is 0.923. The molecular weight excluding hydrogens is 398 g/mol. The van der Waals surface area contributed by atoms with Gasteiger partial charge in [-0.2, -0.15) is 0 Å². The van der Waals surface area contributed by atoms with Gasteiger partial charge in [-0.1, -0.05) is 12.1 Å². The van der Waals surface area contributed by atoms with Crippen molar-refractivity contribution >= 4 is 29.1 Å². The number of piperidine rings is 1. The second-order valence-electron chi connectivity index (χ2n) is 8.52. The zero-order chi connectivity index (χ0) is 22.4. The van der Waals surface area contributed by atoms with E-state index in [1.807, 2.05) is 12.1 Å².